The fourth-order valence-electron chi connectivity index (χ4n) is 1.64. The maximum Gasteiger partial charge on any atom is 0.377 e. The van der Waals surface area contributed by atoms with E-state index >= 15 is 0 Å². The van der Waals surface area contributed by atoms with Gasteiger partial charge in [0, 0.05) is 5.56 Å². The van der Waals surface area contributed by atoms with Crippen LogP contribution in [0.25, 0.3) is 0 Å². The molecule has 0 aliphatic heterocycles. The molecule has 1 aromatic carbocycles. The lowest BCUT2D eigenvalue weighted by atomic mass is 9.96. The van der Waals surface area contributed by atoms with Crippen LogP contribution < -0.4 is 0 Å². The Labute approximate surface area is 104 Å². The van der Waals surface area contributed by atoms with Crippen LogP contribution in [0.15, 0.2) is 18.2 Å². The van der Waals surface area contributed by atoms with E-state index < -0.39 is 17.7 Å². The van der Waals surface area contributed by atoms with Crippen molar-refractivity contribution in [1.29, 1.82) is 0 Å². The van der Waals surface area contributed by atoms with Crippen LogP contribution in [0.2, 0.25) is 0 Å². The zero-order valence-electron chi connectivity index (χ0n) is 10.2. The molecule has 1 rings (SSSR count). The van der Waals surface area contributed by atoms with E-state index in [1.54, 1.807) is 19.1 Å². The van der Waals surface area contributed by atoms with Crippen molar-refractivity contribution in [1.82, 2.24) is 0 Å². The number of aryl methyl sites for hydroxylation is 1. The summed E-state index contributed by atoms with van der Waals surface area (Å²) < 4.78 is 4.86. The summed E-state index contributed by atoms with van der Waals surface area (Å²) in [4.78, 5) is 34.1. The average molecular weight is 250 g/mol. The van der Waals surface area contributed by atoms with Crippen molar-refractivity contribution in [3.63, 3.8) is 0 Å². The number of carboxylic acid groups (broad SMARTS) is 1. The van der Waals surface area contributed by atoms with Crippen molar-refractivity contribution in [2.45, 2.75) is 20.3 Å². The molecule has 96 valence electrons. The number of ether oxygens (including phenoxy) is 1. The first-order chi connectivity index (χ1) is 8.52. The Balaban J connectivity index is 3.38. The minimum atomic E-state index is -1.59. The Bertz CT molecular complexity index is 490. The SMILES string of the molecule is CCOC(=O)c1c(CC)cccc1C(=O)C(=O)O. The number of hydrogen-bond donors (Lipinski definition) is 1. The van der Waals surface area contributed by atoms with E-state index in [-0.39, 0.29) is 17.7 Å². The standard InChI is InChI=1S/C13H14O5/c1-3-8-6-5-7-9(11(14)12(15)16)10(8)13(17)18-4-2/h5-7H,3-4H2,1-2H3,(H,15,16). The Morgan fingerprint density at radius 1 is 1.22 bits per heavy atom. The van der Waals surface area contributed by atoms with Gasteiger partial charge in [-0.05, 0) is 25.0 Å². The zero-order chi connectivity index (χ0) is 13.7. The molecule has 0 aliphatic rings. The van der Waals surface area contributed by atoms with Gasteiger partial charge in [0.2, 0.25) is 0 Å². The van der Waals surface area contributed by atoms with Crippen LogP contribution in [-0.2, 0) is 16.0 Å². The molecular formula is C13H14O5. The number of Topliss-reactive ketones (excluding diaryl/α,β-unsaturated/α-hetero) is 1. The lowest BCUT2D eigenvalue weighted by Crippen LogP contribution is -2.19. The van der Waals surface area contributed by atoms with Crippen LogP contribution in [-0.4, -0.2) is 29.4 Å². The van der Waals surface area contributed by atoms with Gasteiger partial charge in [-0.15, -0.1) is 0 Å². The fourth-order valence-corrected chi connectivity index (χ4v) is 1.64. The Morgan fingerprint density at radius 2 is 1.89 bits per heavy atom. The van der Waals surface area contributed by atoms with E-state index in [9.17, 15) is 14.4 Å². The third-order valence-corrected chi connectivity index (χ3v) is 2.45. The predicted molar refractivity (Wildman–Crippen MR) is 63.7 cm³/mol. The van der Waals surface area contributed by atoms with Crippen LogP contribution in [0.3, 0.4) is 0 Å². The number of esters is 1. The second-order valence-corrected chi connectivity index (χ2v) is 3.55. The molecule has 0 bridgehead atoms. The summed E-state index contributed by atoms with van der Waals surface area (Å²) >= 11 is 0. The van der Waals surface area contributed by atoms with E-state index in [2.05, 4.69) is 0 Å². The largest absolute Gasteiger partial charge is 0.475 e. The normalized spacial score (nSPS) is 9.89. The molecule has 0 saturated carbocycles. The molecule has 5 heteroatoms. The number of benzene rings is 1. The number of aliphatic carboxylic acids is 1. The van der Waals surface area contributed by atoms with E-state index in [0.717, 1.165) is 0 Å². The van der Waals surface area contributed by atoms with Crippen LogP contribution in [0.4, 0.5) is 0 Å². The van der Waals surface area contributed by atoms with Crippen molar-refractivity contribution in [3.05, 3.63) is 34.9 Å². The summed E-state index contributed by atoms with van der Waals surface area (Å²) in [5, 5.41) is 8.73. The number of carboxylic acids is 1. The van der Waals surface area contributed by atoms with Gasteiger partial charge < -0.3 is 9.84 Å². The van der Waals surface area contributed by atoms with Gasteiger partial charge in [-0.2, -0.15) is 0 Å². The molecule has 1 aromatic rings. The molecule has 1 N–H and O–H groups in total. The molecule has 18 heavy (non-hydrogen) atoms. The van der Waals surface area contributed by atoms with E-state index in [4.69, 9.17) is 9.84 Å². The second kappa shape index (κ2) is 5.95. The lowest BCUT2D eigenvalue weighted by molar-refractivity contribution is -0.131. The fraction of sp³-hybridized carbons (Fsp3) is 0.308. The number of hydrogen-bond acceptors (Lipinski definition) is 4. The molecule has 0 heterocycles. The predicted octanol–water partition coefficient (Wildman–Crippen LogP) is 1.69. The molecule has 0 aromatic heterocycles. The number of rotatable bonds is 5. The molecule has 0 saturated heterocycles. The summed E-state index contributed by atoms with van der Waals surface area (Å²) in [5.74, 6) is -3.36. The van der Waals surface area contributed by atoms with Crippen LogP contribution in [0.5, 0.6) is 0 Å². The first kappa shape index (κ1) is 13.9. The van der Waals surface area contributed by atoms with Gasteiger partial charge in [-0.25, -0.2) is 9.59 Å². The molecular weight excluding hydrogens is 236 g/mol. The highest BCUT2D eigenvalue weighted by molar-refractivity contribution is 6.41. The van der Waals surface area contributed by atoms with Crippen molar-refractivity contribution in [2.24, 2.45) is 0 Å². The Hall–Kier alpha value is -2.17. The quantitative estimate of drug-likeness (QED) is 0.488. The molecule has 0 unspecified atom stereocenters. The molecule has 0 radical (unpaired) electrons. The maximum atomic E-state index is 11.8. The molecule has 0 fully saturated rings. The van der Waals surface area contributed by atoms with Crippen molar-refractivity contribution in [2.75, 3.05) is 6.61 Å². The lowest BCUT2D eigenvalue weighted by Gasteiger charge is -2.10. The number of ketones is 1. The van der Waals surface area contributed by atoms with Crippen molar-refractivity contribution in [3.8, 4) is 0 Å². The summed E-state index contributed by atoms with van der Waals surface area (Å²) in [6.45, 7) is 3.62. The van der Waals surface area contributed by atoms with E-state index in [1.165, 1.54) is 6.07 Å². The highest BCUT2D eigenvalue weighted by atomic mass is 16.5. The molecule has 0 atom stereocenters. The zero-order valence-corrected chi connectivity index (χ0v) is 10.2. The molecule has 0 aliphatic carbocycles. The van der Waals surface area contributed by atoms with Gasteiger partial charge in [0.1, 0.15) is 0 Å². The monoisotopic (exact) mass is 250 g/mol. The third-order valence-electron chi connectivity index (χ3n) is 2.45. The molecule has 0 spiro atoms. The second-order valence-electron chi connectivity index (χ2n) is 3.55. The van der Waals surface area contributed by atoms with Crippen molar-refractivity contribution >= 4 is 17.7 Å². The topological polar surface area (TPSA) is 80.7 Å². The van der Waals surface area contributed by atoms with Gasteiger partial charge in [0.15, 0.2) is 0 Å². The third kappa shape index (κ3) is 2.74. The maximum absolute atomic E-state index is 11.8. The molecule has 5 nitrogen and oxygen atoms in total. The van der Waals surface area contributed by atoms with Gasteiger partial charge in [0.25, 0.3) is 5.78 Å². The van der Waals surface area contributed by atoms with E-state index in [0.29, 0.717) is 12.0 Å². The highest BCUT2D eigenvalue weighted by Gasteiger charge is 2.24. The highest BCUT2D eigenvalue weighted by Crippen LogP contribution is 2.18. The number of carbonyl (C=O) groups excluding carboxylic acids is 2. The van der Waals surface area contributed by atoms with E-state index in [1.807, 2.05) is 6.92 Å². The van der Waals surface area contributed by atoms with Crippen LogP contribution in [0.1, 0.15) is 40.1 Å². The summed E-state index contributed by atoms with van der Waals surface area (Å²) in [6, 6.07) is 4.55. The van der Waals surface area contributed by atoms with Gasteiger partial charge in [-0.1, -0.05) is 19.1 Å². The minimum Gasteiger partial charge on any atom is -0.475 e. The van der Waals surface area contributed by atoms with Crippen molar-refractivity contribution < 1.29 is 24.2 Å². The minimum absolute atomic E-state index is 0.0502. The van der Waals surface area contributed by atoms with Crippen LogP contribution in [0, 0.1) is 0 Å². The van der Waals surface area contributed by atoms with Gasteiger partial charge >= 0.3 is 11.9 Å². The molecule has 0 amide bonds. The smallest absolute Gasteiger partial charge is 0.377 e. The first-order valence-electron chi connectivity index (χ1n) is 5.59. The number of carbonyl (C=O) groups is 3. The van der Waals surface area contributed by atoms with Gasteiger partial charge in [-0.3, -0.25) is 4.79 Å². The Morgan fingerprint density at radius 3 is 2.39 bits per heavy atom. The summed E-state index contributed by atoms with van der Waals surface area (Å²) in [7, 11) is 0. The summed E-state index contributed by atoms with van der Waals surface area (Å²) in [5.41, 5.74) is 0.523. The Kier molecular flexibility index (Phi) is 4.59. The average Bonchev–Trinajstić information content (AvgIpc) is 2.36. The van der Waals surface area contributed by atoms with Crippen LogP contribution >= 0.6 is 0 Å². The van der Waals surface area contributed by atoms with Gasteiger partial charge in [0.05, 0.1) is 12.2 Å². The summed E-state index contributed by atoms with van der Waals surface area (Å²) in [6.07, 6.45) is 0.509. The first-order valence-corrected chi connectivity index (χ1v) is 5.59.